The highest BCUT2D eigenvalue weighted by Crippen LogP contribution is 2.16. The number of likely N-dealkylation sites (tertiary alicyclic amines) is 1. The van der Waals surface area contributed by atoms with Crippen LogP contribution in [0.4, 0.5) is 0 Å². The third-order valence-corrected chi connectivity index (χ3v) is 2.93. The van der Waals surface area contributed by atoms with E-state index in [9.17, 15) is 9.59 Å². The molecule has 0 aliphatic carbocycles. The molecular formula is C15H21NO2. The number of carbonyl (C=O) groups excluding carboxylic acids is 2. The summed E-state index contributed by atoms with van der Waals surface area (Å²) in [6, 6.07) is 8.05. The summed E-state index contributed by atoms with van der Waals surface area (Å²) < 4.78 is 0. The van der Waals surface area contributed by atoms with E-state index < -0.39 is 0 Å². The summed E-state index contributed by atoms with van der Waals surface area (Å²) in [7, 11) is 0. The third kappa shape index (κ3) is 3.42. The Balaban J connectivity index is 0.000000771. The zero-order chi connectivity index (χ0) is 13.5. The van der Waals surface area contributed by atoms with Gasteiger partial charge in [0.25, 0.3) is 0 Å². The van der Waals surface area contributed by atoms with Gasteiger partial charge in [-0.3, -0.25) is 14.5 Å². The molecule has 1 fully saturated rings. The second-order valence-electron chi connectivity index (χ2n) is 4.04. The molecule has 1 heterocycles. The smallest absolute Gasteiger partial charge is 0.229 e. The van der Waals surface area contributed by atoms with Crippen molar-refractivity contribution < 1.29 is 9.59 Å². The van der Waals surface area contributed by atoms with Crippen LogP contribution in [0.3, 0.4) is 0 Å². The zero-order valence-corrected chi connectivity index (χ0v) is 11.4. The second kappa shape index (κ2) is 6.94. The number of imide groups is 1. The summed E-state index contributed by atoms with van der Waals surface area (Å²) >= 11 is 0. The first-order valence-corrected chi connectivity index (χ1v) is 6.61. The van der Waals surface area contributed by atoms with E-state index in [2.05, 4.69) is 6.92 Å². The molecule has 1 aliphatic rings. The highest BCUT2D eigenvalue weighted by atomic mass is 16.2. The fourth-order valence-corrected chi connectivity index (χ4v) is 1.86. The number of benzene rings is 1. The van der Waals surface area contributed by atoms with Crippen molar-refractivity contribution in [2.24, 2.45) is 0 Å². The van der Waals surface area contributed by atoms with Crippen LogP contribution in [0.1, 0.15) is 44.7 Å². The first-order chi connectivity index (χ1) is 8.70. The maximum Gasteiger partial charge on any atom is 0.229 e. The Morgan fingerprint density at radius 2 is 1.39 bits per heavy atom. The monoisotopic (exact) mass is 247 g/mol. The van der Waals surface area contributed by atoms with Gasteiger partial charge in [0.05, 0.1) is 6.54 Å². The van der Waals surface area contributed by atoms with Gasteiger partial charge in [0.15, 0.2) is 0 Å². The number of carbonyl (C=O) groups is 2. The summed E-state index contributed by atoms with van der Waals surface area (Å²) in [6.07, 6.45) is 1.74. The number of amides is 2. The minimum absolute atomic E-state index is 0.0513. The van der Waals surface area contributed by atoms with Gasteiger partial charge in [-0.05, 0) is 17.5 Å². The SMILES string of the molecule is CC.CCc1ccc(CN2C(=O)CCC2=O)cc1. The van der Waals surface area contributed by atoms with E-state index in [4.69, 9.17) is 0 Å². The van der Waals surface area contributed by atoms with Gasteiger partial charge in [0, 0.05) is 12.8 Å². The van der Waals surface area contributed by atoms with Crippen LogP contribution in [0.15, 0.2) is 24.3 Å². The maximum atomic E-state index is 11.4. The molecule has 1 aliphatic heterocycles. The molecule has 2 amide bonds. The fourth-order valence-electron chi connectivity index (χ4n) is 1.86. The molecule has 0 bridgehead atoms. The molecule has 0 unspecified atom stereocenters. The van der Waals surface area contributed by atoms with E-state index in [1.54, 1.807) is 0 Å². The summed E-state index contributed by atoms with van der Waals surface area (Å²) in [4.78, 5) is 24.2. The summed E-state index contributed by atoms with van der Waals surface area (Å²) in [5.41, 5.74) is 2.28. The maximum absolute atomic E-state index is 11.4. The van der Waals surface area contributed by atoms with E-state index in [1.165, 1.54) is 10.5 Å². The Labute approximate surface area is 109 Å². The second-order valence-corrected chi connectivity index (χ2v) is 4.04. The minimum Gasteiger partial charge on any atom is -0.278 e. The molecule has 3 heteroatoms. The molecular weight excluding hydrogens is 226 g/mol. The van der Waals surface area contributed by atoms with E-state index in [1.807, 2.05) is 38.1 Å². The molecule has 3 nitrogen and oxygen atoms in total. The van der Waals surface area contributed by atoms with Crippen LogP contribution in [0.2, 0.25) is 0 Å². The number of hydrogen-bond donors (Lipinski definition) is 0. The number of nitrogens with zero attached hydrogens (tertiary/aromatic N) is 1. The highest BCUT2D eigenvalue weighted by Gasteiger charge is 2.28. The number of aryl methyl sites for hydroxylation is 1. The third-order valence-electron chi connectivity index (χ3n) is 2.93. The van der Waals surface area contributed by atoms with Gasteiger partial charge in [0.1, 0.15) is 0 Å². The van der Waals surface area contributed by atoms with E-state index >= 15 is 0 Å². The zero-order valence-electron chi connectivity index (χ0n) is 11.4. The van der Waals surface area contributed by atoms with Gasteiger partial charge in [-0.25, -0.2) is 0 Å². The fraction of sp³-hybridized carbons (Fsp3) is 0.467. The van der Waals surface area contributed by atoms with E-state index in [0.717, 1.165) is 12.0 Å². The molecule has 0 radical (unpaired) electrons. The summed E-state index contributed by atoms with van der Waals surface area (Å²) in [5, 5.41) is 0. The van der Waals surface area contributed by atoms with Gasteiger partial charge < -0.3 is 0 Å². The predicted octanol–water partition coefficient (Wildman–Crippen LogP) is 2.92. The molecule has 0 N–H and O–H groups in total. The average molecular weight is 247 g/mol. The van der Waals surface area contributed by atoms with Crippen molar-refractivity contribution in [2.45, 2.75) is 46.6 Å². The standard InChI is InChI=1S/C13H15NO2.C2H6/c1-2-10-3-5-11(6-4-10)9-14-12(15)7-8-13(14)16;1-2/h3-6H,2,7-9H2,1H3;1-2H3. The first kappa shape index (κ1) is 14.4. The molecule has 0 saturated carbocycles. The van der Waals surface area contributed by atoms with Crippen LogP contribution in [-0.4, -0.2) is 16.7 Å². The molecule has 18 heavy (non-hydrogen) atoms. The number of hydrogen-bond acceptors (Lipinski definition) is 2. The quantitative estimate of drug-likeness (QED) is 0.770. The van der Waals surface area contributed by atoms with Crippen LogP contribution in [0, 0.1) is 0 Å². The van der Waals surface area contributed by atoms with Crippen LogP contribution >= 0.6 is 0 Å². The Kier molecular flexibility index (Phi) is 5.56. The highest BCUT2D eigenvalue weighted by molar-refractivity contribution is 6.01. The van der Waals surface area contributed by atoms with Crippen molar-refractivity contribution in [2.75, 3.05) is 0 Å². The van der Waals surface area contributed by atoms with Crippen LogP contribution in [0.5, 0.6) is 0 Å². The van der Waals surface area contributed by atoms with E-state index in [0.29, 0.717) is 19.4 Å². The topological polar surface area (TPSA) is 37.4 Å². The van der Waals surface area contributed by atoms with Crippen molar-refractivity contribution in [3.63, 3.8) is 0 Å². The molecule has 1 aromatic rings. The largest absolute Gasteiger partial charge is 0.278 e. The number of rotatable bonds is 3. The normalized spacial score (nSPS) is 14.5. The Bertz CT molecular complexity index is 393. The van der Waals surface area contributed by atoms with E-state index in [-0.39, 0.29) is 11.8 Å². The lowest BCUT2D eigenvalue weighted by molar-refractivity contribution is -0.139. The van der Waals surface area contributed by atoms with Gasteiger partial charge in [0.2, 0.25) is 11.8 Å². The summed E-state index contributed by atoms with van der Waals surface area (Å²) in [5.74, 6) is -0.103. The van der Waals surface area contributed by atoms with Gasteiger partial charge in [-0.2, -0.15) is 0 Å². The molecule has 98 valence electrons. The Hall–Kier alpha value is -1.64. The lowest BCUT2D eigenvalue weighted by Crippen LogP contribution is -2.28. The van der Waals surface area contributed by atoms with Gasteiger partial charge >= 0.3 is 0 Å². The molecule has 1 aromatic carbocycles. The van der Waals surface area contributed by atoms with Crippen molar-refractivity contribution in [3.05, 3.63) is 35.4 Å². The average Bonchev–Trinajstić information content (AvgIpc) is 2.74. The van der Waals surface area contributed by atoms with Crippen molar-refractivity contribution in [3.8, 4) is 0 Å². The minimum atomic E-state index is -0.0513. The van der Waals surface area contributed by atoms with Crippen molar-refractivity contribution in [1.29, 1.82) is 0 Å². The lowest BCUT2D eigenvalue weighted by Gasteiger charge is -2.13. The Morgan fingerprint density at radius 1 is 0.944 bits per heavy atom. The first-order valence-electron chi connectivity index (χ1n) is 6.61. The van der Waals surface area contributed by atoms with Gasteiger partial charge in [-0.1, -0.05) is 45.0 Å². The van der Waals surface area contributed by atoms with Gasteiger partial charge in [-0.15, -0.1) is 0 Å². The molecule has 0 spiro atoms. The molecule has 0 aromatic heterocycles. The molecule has 2 rings (SSSR count). The summed E-state index contributed by atoms with van der Waals surface area (Å²) in [6.45, 7) is 6.52. The van der Waals surface area contributed by atoms with Crippen LogP contribution in [0.25, 0.3) is 0 Å². The van der Waals surface area contributed by atoms with Crippen LogP contribution in [-0.2, 0) is 22.6 Å². The van der Waals surface area contributed by atoms with Crippen molar-refractivity contribution in [1.82, 2.24) is 4.90 Å². The Morgan fingerprint density at radius 3 is 1.83 bits per heavy atom. The molecule has 1 saturated heterocycles. The van der Waals surface area contributed by atoms with Crippen molar-refractivity contribution >= 4 is 11.8 Å². The van der Waals surface area contributed by atoms with Crippen LogP contribution < -0.4 is 0 Å². The lowest BCUT2D eigenvalue weighted by atomic mass is 10.1. The predicted molar refractivity (Wildman–Crippen MR) is 72.0 cm³/mol. The molecule has 0 atom stereocenters.